The molecule has 0 radical (unpaired) electrons. The van der Waals surface area contributed by atoms with E-state index in [0.29, 0.717) is 0 Å². The van der Waals surface area contributed by atoms with E-state index in [2.05, 4.69) is 24.3 Å². The van der Waals surface area contributed by atoms with Crippen molar-refractivity contribution in [3.05, 3.63) is 77.9 Å². The minimum atomic E-state index is -1.24. The molecule has 0 atom stereocenters. The monoisotopic (exact) mass is 358 g/mol. The second-order valence-electron chi connectivity index (χ2n) is 6.89. The summed E-state index contributed by atoms with van der Waals surface area (Å²) in [5.41, 5.74) is 2.70. The molecule has 0 saturated carbocycles. The van der Waals surface area contributed by atoms with Gasteiger partial charge in [-0.15, -0.1) is 0 Å². The van der Waals surface area contributed by atoms with Gasteiger partial charge in [0.25, 0.3) is 5.79 Å². The number of esters is 2. The third-order valence-electron chi connectivity index (χ3n) is 4.42. The lowest BCUT2D eigenvalue weighted by Crippen LogP contribution is -2.41. The molecular formula is C23H18O4. The molecule has 134 valence electrons. The number of benzene rings is 3. The molecule has 0 aliphatic carbocycles. The molecule has 4 nitrogen and oxygen atoms in total. The average Bonchev–Trinajstić information content (AvgIpc) is 2.64. The Morgan fingerprint density at radius 2 is 1.48 bits per heavy atom. The van der Waals surface area contributed by atoms with Crippen LogP contribution in [0.2, 0.25) is 0 Å². The van der Waals surface area contributed by atoms with Crippen LogP contribution < -0.4 is 0 Å². The molecule has 1 saturated heterocycles. The van der Waals surface area contributed by atoms with Gasteiger partial charge in [-0.2, -0.15) is 0 Å². The third-order valence-corrected chi connectivity index (χ3v) is 4.42. The second-order valence-corrected chi connectivity index (χ2v) is 6.89. The van der Waals surface area contributed by atoms with Crippen LogP contribution in [0.25, 0.3) is 28.0 Å². The van der Waals surface area contributed by atoms with Gasteiger partial charge in [0.2, 0.25) is 0 Å². The van der Waals surface area contributed by atoms with Crippen LogP contribution in [0.5, 0.6) is 0 Å². The maximum atomic E-state index is 12.2. The van der Waals surface area contributed by atoms with Gasteiger partial charge in [-0.1, -0.05) is 60.7 Å². The Labute approximate surface area is 157 Å². The molecule has 0 bridgehead atoms. The van der Waals surface area contributed by atoms with Gasteiger partial charge < -0.3 is 9.47 Å². The van der Waals surface area contributed by atoms with E-state index >= 15 is 0 Å². The summed E-state index contributed by atoms with van der Waals surface area (Å²) < 4.78 is 10.3. The molecule has 1 heterocycles. The number of fused-ring (bicyclic) bond motifs is 1. The summed E-state index contributed by atoms with van der Waals surface area (Å²) in [6.07, 6.45) is 1.51. The zero-order valence-corrected chi connectivity index (χ0v) is 15.1. The van der Waals surface area contributed by atoms with Crippen molar-refractivity contribution in [3.63, 3.8) is 0 Å². The molecule has 27 heavy (non-hydrogen) atoms. The summed E-state index contributed by atoms with van der Waals surface area (Å²) in [5.74, 6) is -2.59. The van der Waals surface area contributed by atoms with Crippen molar-refractivity contribution >= 4 is 28.8 Å². The summed E-state index contributed by atoms with van der Waals surface area (Å²) in [5, 5.41) is 2.29. The summed E-state index contributed by atoms with van der Waals surface area (Å²) in [7, 11) is 0. The fraction of sp³-hybridized carbons (Fsp3) is 0.130. The number of cyclic esters (lactones) is 2. The Bertz CT molecular complexity index is 1060. The highest BCUT2D eigenvalue weighted by Gasteiger charge is 2.38. The van der Waals surface area contributed by atoms with Crippen molar-refractivity contribution in [2.24, 2.45) is 0 Å². The zero-order chi connectivity index (χ0) is 19.0. The van der Waals surface area contributed by atoms with Crippen LogP contribution >= 0.6 is 0 Å². The minimum absolute atomic E-state index is 0.107. The lowest BCUT2D eigenvalue weighted by atomic mass is 9.96. The first kappa shape index (κ1) is 17.0. The number of hydrogen-bond donors (Lipinski definition) is 0. The third kappa shape index (κ3) is 3.34. The molecule has 0 aromatic heterocycles. The maximum absolute atomic E-state index is 12.2. The van der Waals surface area contributed by atoms with Gasteiger partial charge >= 0.3 is 11.9 Å². The molecular weight excluding hydrogens is 340 g/mol. The number of hydrogen-bond acceptors (Lipinski definition) is 4. The Morgan fingerprint density at radius 3 is 2.26 bits per heavy atom. The van der Waals surface area contributed by atoms with Crippen molar-refractivity contribution in [2.75, 3.05) is 0 Å². The van der Waals surface area contributed by atoms with Gasteiger partial charge in [0, 0.05) is 13.8 Å². The van der Waals surface area contributed by atoms with Crippen LogP contribution in [0, 0.1) is 0 Å². The smallest absolute Gasteiger partial charge is 0.348 e. The molecule has 4 rings (SSSR count). The summed E-state index contributed by atoms with van der Waals surface area (Å²) in [6, 6.07) is 22.0. The topological polar surface area (TPSA) is 52.6 Å². The highest BCUT2D eigenvalue weighted by molar-refractivity contribution is 6.19. The van der Waals surface area contributed by atoms with Crippen molar-refractivity contribution < 1.29 is 19.1 Å². The number of ether oxygens (including phenoxy) is 2. The zero-order valence-electron chi connectivity index (χ0n) is 15.1. The molecule has 0 spiro atoms. The van der Waals surface area contributed by atoms with Crippen molar-refractivity contribution in [3.8, 4) is 11.1 Å². The number of carbonyl (C=O) groups is 2. The molecule has 1 fully saturated rings. The van der Waals surface area contributed by atoms with E-state index in [0.717, 1.165) is 27.5 Å². The van der Waals surface area contributed by atoms with E-state index in [4.69, 9.17) is 9.47 Å². The molecule has 3 aromatic rings. The first-order valence-electron chi connectivity index (χ1n) is 8.69. The molecule has 0 unspecified atom stereocenters. The first-order chi connectivity index (χ1) is 12.9. The fourth-order valence-electron chi connectivity index (χ4n) is 3.22. The van der Waals surface area contributed by atoms with Crippen molar-refractivity contribution in [1.82, 2.24) is 0 Å². The maximum Gasteiger partial charge on any atom is 0.348 e. The molecule has 0 amide bonds. The van der Waals surface area contributed by atoms with Crippen molar-refractivity contribution in [1.29, 1.82) is 0 Å². The highest BCUT2D eigenvalue weighted by atomic mass is 16.7. The van der Waals surface area contributed by atoms with Gasteiger partial charge in [-0.25, -0.2) is 9.59 Å². The van der Waals surface area contributed by atoms with Gasteiger partial charge in [0.1, 0.15) is 5.57 Å². The van der Waals surface area contributed by atoms with Crippen LogP contribution in [-0.2, 0) is 19.1 Å². The average molecular weight is 358 g/mol. The van der Waals surface area contributed by atoms with Crippen LogP contribution in [0.3, 0.4) is 0 Å². The molecule has 4 heteroatoms. The highest BCUT2D eigenvalue weighted by Crippen LogP contribution is 2.30. The van der Waals surface area contributed by atoms with Gasteiger partial charge in [0.15, 0.2) is 0 Å². The van der Waals surface area contributed by atoms with E-state index in [1.54, 1.807) is 0 Å². The number of rotatable bonds is 2. The largest absolute Gasteiger partial charge is 0.419 e. The minimum Gasteiger partial charge on any atom is -0.419 e. The summed E-state index contributed by atoms with van der Waals surface area (Å²) in [6.45, 7) is 3.06. The molecule has 1 aliphatic heterocycles. The van der Waals surface area contributed by atoms with Gasteiger partial charge in [-0.05, 0) is 39.6 Å². The summed E-state index contributed by atoms with van der Waals surface area (Å²) in [4.78, 5) is 24.3. The van der Waals surface area contributed by atoms with E-state index in [9.17, 15) is 9.59 Å². The van der Waals surface area contributed by atoms with E-state index in [1.807, 2.05) is 42.5 Å². The SMILES string of the molecule is CC1(C)OC(=O)C(=Cc2cccc(-c3cccc4ccccc34)c2)C(=O)O1. The first-order valence-corrected chi connectivity index (χ1v) is 8.69. The lowest BCUT2D eigenvalue weighted by molar-refractivity contribution is -0.222. The van der Waals surface area contributed by atoms with Crippen molar-refractivity contribution in [2.45, 2.75) is 19.6 Å². The Hall–Kier alpha value is -3.40. The quantitative estimate of drug-likeness (QED) is 0.378. The van der Waals surface area contributed by atoms with Crippen LogP contribution in [0.1, 0.15) is 19.4 Å². The lowest BCUT2D eigenvalue weighted by Gasteiger charge is -2.29. The molecule has 0 N–H and O–H groups in total. The Morgan fingerprint density at radius 1 is 0.815 bits per heavy atom. The van der Waals surface area contributed by atoms with E-state index in [1.165, 1.54) is 19.9 Å². The summed E-state index contributed by atoms with van der Waals surface area (Å²) >= 11 is 0. The fourth-order valence-corrected chi connectivity index (χ4v) is 3.22. The van der Waals surface area contributed by atoms with Crippen LogP contribution in [0.15, 0.2) is 72.3 Å². The Balaban J connectivity index is 1.75. The van der Waals surface area contributed by atoms with Gasteiger partial charge in [0.05, 0.1) is 0 Å². The van der Waals surface area contributed by atoms with E-state index < -0.39 is 17.7 Å². The van der Waals surface area contributed by atoms with E-state index in [-0.39, 0.29) is 5.57 Å². The molecule has 1 aliphatic rings. The number of carbonyl (C=O) groups excluding carboxylic acids is 2. The second kappa shape index (κ2) is 6.40. The van der Waals surface area contributed by atoms with Gasteiger partial charge in [-0.3, -0.25) is 0 Å². The standard InChI is InChI=1S/C23H18O4/c1-23(2)26-21(24)20(22(25)27-23)14-15-7-5-10-17(13-15)19-12-6-9-16-8-3-4-11-18(16)19/h3-14H,1-2H3. The predicted octanol–water partition coefficient (Wildman–Crippen LogP) is 4.73. The predicted molar refractivity (Wildman–Crippen MR) is 104 cm³/mol. The normalized spacial score (nSPS) is 16.0. The molecule has 3 aromatic carbocycles. The van der Waals surface area contributed by atoms with Crippen LogP contribution in [0.4, 0.5) is 0 Å². The Kier molecular flexibility index (Phi) is 4.04. The van der Waals surface area contributed by atoms with Crippen LogP contribution in [-0.4, -0.2) is 17.7 Å².